The Morgan fingerprint density at radius 2 is 0.960 bits per heavy atom. The summed E-state index contributed by atoms with van der Waals surface area (Å²) >= 11 is 7.07. The SMILES string of the molecule is O=S1(=O)c2cc(Br)c3ccccc3c2-c2c1cc(Br)c1ccccc21. The first-order valence-electron chi connectivity index (χ1n) is 7.68. The van der Waals surface area contributed by atoms with Crippen molar-refractivity contribution in [3.63, 3.8) is 0 Å². The van der Waals surface area contributed by atoms with Crippen LogP contribution in [0.25, 0.3) is 32.7 Å². The quantitative estimate of drug-likeness (QED) is 0.263. The first-order chi connectivity index (χ1) is 12.0. The average Bonchev–Trinajstić information content (AvgIpc) is 2.84. The molecule has 5 rings (SSSR count). The molecule has 5 heteroatoms. The fraction of sp³-hybridized carbons (Fsp3) is 0. The van der Waals surface area contributed by atoms with Gasteiger partial charge in [-0.25, -0.2) is 8.42 Å². The first kappa shape index (κ1) is 15.6. The van der Waals surface area contributed by atoms with Gasteiger partial charge in [-0.2, -0.15) is 0 Å². The van der Waals surface area contributed by atoms with Crippen molar-refractivity contribution in [2.24, 2.45) is 0 Å². The molecule has 0 atom stereocenters. The van der Waals surface area contributed by atoms with Crippen LogP contribution in [0.1, 0.15) is 0 Å². The van der Waals surface area contributed by atoms with Crippen LogP contribution in [0.3, 0.4) is 0 Å². The Bertz CT molecular complexity index is 1230. The molecular weight excluding hydrogens is 464 g/mol. The van der Waals surface area contributed by atoms with E-state index in [0.717, 1.165) is 41.6 Å². The highest BCUT2D eigenvalue weighted by atomic mass is 79.9. The predicted molar refractivity (Wildman–Crippen MR) is 108 cm³/mol. The third kappa shape index (κ3) is 1.97. The fourth-order valence-electron chi connectivity index (χ4n) is 3.67. The lowest BCUT2D eigenvalue weighted by Gasteiger charge is -2.10. The van der Waals surface area contributed by atoms with Crippen LogP contribution in [-0.4, -0.2) is 8.42 Å². The van der Waals surface area contributed by atoms with Crippen molar-refractivity contribution >= 4 is 63.2 Å². The molecule has 1 aliphatic rings. The maximum Gasteiger partial charge on any atom is 0.207 e. The molecule has 0 N–H and O–H groups in total. The zero-order valence-corrected chi connectivity index (χ0v) is 16.7. The van der Waals surface area contributed by atoms with Crippen molar-refractivity contribution in [1.82, 2.24) is 0 Å². The Labute approximate surface area is 161 Å². The van der Waals surface area contributed by atoms with Crippen molar-refractivity contribution in [1.29, 1.82) is 0 Å². The third-order valence-electron chi connectivity index (χ3n) is 4.74. The molecule has 1 aliphatic heterocycles. The predicted octanol–water partition coefficient (Wildman–Crippen LogP) is 6.33. The van der Waals surface area contributed by atoms with E-state index in [1.54, 1.807) is 12.1 Å². The summed E-state index contributed by atoms with van der Waals surface area (Å²) in [6.07, 6.45) is 0. The fourth-order valence-corrected chi connectivity index (χ4v) is 6.87. The van der Waals surface area contributed by atoms with Crippen LogP contribution >= 0.6 is 31.9 Å². The molecule has 0 saturated carbocycles. The normalized spacial score (nSPS) is 14.6. The molecule has 0 aliphatic carbocycles. The Hall–Kier alpha value is -1.69. The van der Waals surface area contributed by atoms with Crippen LogP contribution in [-0.2, 0) is 9.84 Å². The van der Waals surface area contributed by atoms with Gasteiger partial charge in [0.1, 0.15) is 0 Å². The number of halogens is 2. The molecule has 122 valence electrons. The zero-order valence-electron chi connectivity index (χ0n) is 12.8. The minimum Gasteiger partial charge on any atom is -0.218 e. The van der Waals surface area contributed by atoms with E-state index in [1.807, 2.05) is 48.5 Å². The Morgan fingerprint density at radius 1 is 0.600 bits per heavy atom. The van der Waals surface area contributed by atoms with Crippen LogP contribution < -0.4 is 0 Å². The van der Waals surface area contributed by atoms with Gasteiger partial charge in [0.25, 0.3) is 0 Å². The van der Waals surface area contributed by atoms with Crippen molar-refractivity contribution in [3.8, 4) is 11.1 Å². The second-order valence-corrected chi connectivity index (χ2v) is 9.65. The summed E-state index contributed by atoms with van der Waals surface area (Å²) in [5, 5.41) is 3.91. The van der Waals surface area contributed by atoms with Gasteiger partial charge in [0.05, 0.1) is 9.79 Å². The van der Waals surface area contributed by atoms with Crippen molar-refractivity contribution < 1.29 is 8.42 Å². The van der Waals surface area contributed by atoms with E-state index in [9.17, 15) is 8.42 Å². The summed E-state index contributed by atoms with van der Waals surface area (Å²) in [6, 6.07) is 19.3. The van der Waals surface area contributed by atoms with Crippen molar-refractivity contribution in [3.05, 3.63) is 69.6 Å². The third-order valence-corrected chi connectivity index (χ3v) is 7.86. The smallest absolute Gasteiger partial charge is 0.207 e. The lowest BCUT2D eigenvalue weighted by atomic mass is 9.94. The number of hydrogen-bond donors (Lipinski definition) is 0. The molecule has 0 aromatic heterocycles. The molecule has 0 radical (unpaired) electrons. The highest BCUT2D eigenvalue weighted by Gasteiger charge is 2.36. The minimum absolute atomic E-state index is 0.372. The molecule has 0 unspecified atom stereocenters. The second kappa shape index (κ2) is 5.16. The summed E-state index contributed by atoms with van der Waals surface area (Å²) in [4.78, 5) is 0.743. The van der Waals surface area contributed by atoms with Crippen LogP contribution in [0.2, 0.25) is 0 Å². The van der Waals surface area contributed by atoms with Gasteiger partial charge in [0.2, 0.25) is 9.84 Å². The maximum atomic E-state index is 13.2. The number of benzene rings is 4. The van der Waals surface area contributed by atoms with Gasteiger partial charge in [-0.15, -0.1) is 0 Å². The number of hydrogen-bond acceptors (Lipinski definition) is 2. The van der Waals surface area contributed by atoms with Gasteiger partial charge in [0, 0.05) is 20.1 Å². The lowest BCUT2D eigenvalue weighted by molar-refractivity contribution is 0.598. The van der Waals surface area contributed by atoms with E-state index in [0.29, 0.717) is 9.79 Å². The topological polar surface area (TPSA) is 34.1 Å². The highest BCUT2D eigenvalue weighted by molar-refractivity contribution is 9.11. The first-order valence-corrected chi connectivity index (χ1v) is 10.7. The summed E-state index contributed by atoms with van der Waals surface area (Å²) in [6.45, 7) is 0. The Morgan fingerprint density at radius 3 is 1.36 bits per heavy atom. The van der Waals surface area contributed by atoms with E-state index >= 15 is 0 Å². The average molecular weight is 474 g/mol. The van der Waals surface area contributed by atoms with Crippen LogP contribution in [0, 0.1) is 0 Å². The van der Waals surface area contributed by atoms with E-state index in [-0.39, 0.29) is 0 Å². The number of rotatable bonds is 0. The summed E-state index contributed by atoms with van der Waals surface area (Å²) in [7, 11) is -3.55. The van der Waals surface area contributed by atoms with Gasteiger partial charge in [-0.05, 0) is 33.7 Å². The molecule has 0 saturated heterocycles. The molecule has 1 heterocycles. The van der Waals surface area contributed by atoms with Gasteiger partial charge in [0.15, 0.2) is 0 Å². The lowest BCUT2D eigenvalue weighted by Crippen LogP contribution is -1.97. The van der Waals surface area contributed by atoms with Gasteiger partial charge >= 0.3 is 0 Å². The standard InChI is InChI=1S/C20H10Br2O2S/c21-15-9-17-19(13-7-3-1-5-11(13)15)20-14-8-4-2-6-12(14)16(22)10-18(20)25(17,23)24/h1-10H. The monoisotopic (exact) mass is 472 g/mol. The largest absolute Gasteiger partial charge is 0.218 e. The van der Waals surface area contributed by atoms with Crippen LogP contribution in [0.15, 0.2) is 79.4 Å². The molecule has 0 spiro atoms. The van der Waals surface area contributed by atoms with Crippen molar-refractivity contribution in [2.45, 2.75) is 9.79 Å². The van der Waals surface area contributed by atoms with Gasteiger partial charge in [-0.3, -0.25) is 0 Å². The molecule has 2 nitrogen and oxygen atoms in total. The van der Waals surface area contributed by atoms with Crippen molar-refractivity contribution in [2.75, 3.05) is 0 Å². The van der Waals surface area contributed by atoms with Gasteiger partial charge in [-0.1, -0.05) is 80.4 Å². The van der Waals surface area contributed by atoms with Crippen LogP contribution in [0.5, 0.6) is 0 Å². The zero-order chi connectivity index (χ0) is 17.3. The highest BCUT2D eigenvalue weighted by Crippen LogP contribution is 2.52. The number of sulfone groups is 1. The summed E-state index contributed by atoms with van der Waals surface area (Å²) in [5.41, 5.74) is 1.61. The number of fused-ring (bicyclic) bond motifs is 7. The minimum atomic E-state index is -3.55. The maximum absolute atomic E-state index is 13.2. The molecule has 0 amide bonds. The second-order valence-electron chi connectivity index (χ2n) is 6.06. The molecular formula is C20H10Br2O2S. The van der Waals surface area contributed by atoms with E-state index in [4.69, 9.17) is 0 Å². The van der Waals surface area contributed by atoms with E-state index in [1.165, 1.54) is 0 Å². The summed E-state index contributed by atoms with van der Waals surface area (Å²) < 4.78 is 28.0. The molecule has 0 bridgehead atoms. The molecule has 0 fully saturated rings. The Kier molecular flexibility index (Phi) is 3.21. The Balaban J connectivity index is 2.12. The molecule has 4 aromatic carbocycles. The van der Waals surface area contributed by atoms with Crippen LogP contribution in [0.4, 0.5) is 0 Å². The summed E-state index contributed by atoms with van der Waals surface area (Å²) in [5.74, 6) is 0. The molecule has 4 aromatic rings. The van der Waals surface area contributed by atoms with E-state index < -0.39 is 9.84 Å². The molecule has 25 heavy (non-hydrogen) atoms. The van der Waals surface area contributed by atoms with E-state index in [2.05, 4.69) is 31.9 Å². The van der Waals surface area contributed by atoms with Gasteiger partial charge < -0.3 is 0 Å².